The smallest absolute Gasteiger partial charge is 0.234 e. The Morgan fingerprint density at radius 3 is 2.80 bits per heavy atom. The van der Waals surface area contributed by atoms with Crippen LogP contribution in [0.4, 0.5) is 0 Å². The van der Waals surface area contributed by atoms with E-state index in [2.05, 4.69) is 16.7 Å². The minimum atomic E-state index is 0.108. The number of methoxy groups -OCH3 is 1. The summed E-state index contributed by atoms with van der Waals surface area (Å²) in [6, 6.07) is 8.38. The highest BCUT2D eigenvalue weighted by Crippen LogP contribution is 2.18. The summed E-state index contributed by atoms with van der Waals surface area (Å²) in [6.45, 7) is 1.17. The molecule has 2 rings (SSSR count). The minimum absolute atomic E-state index is 0.108. The number of amides is 1. The molecule has 1 aromatic carbocycles. The molecule has 0 aliphatic heterocycles. The third-order valence-corrected chi connectivity index (χ3v) is 3.77. The molecule has 0 heterocycles. The van der Waals surface area contributed by atoms with E-state index in [4.69, 9.17) is 4.74 Å². The Morgan fingerprint density at radius 2 is 2.05 bits per heavy atom. The van der Waals surface area contributed by atoms with E-state index in [-0.39, 0.29) is 5.91 Å². The van der Waals surface area contributed by atoms with Crippen LogP contribution in [-0.2, 0) is 11.2 Å². The van der Waals surface area contributed by atoms with Crippen molar-refractivity contribution < 1.29 is 9.53 Å². The van der Waals surface area contributed by atoms with Crippen molar-refractivity contribution in [1.82, 2.24) is 10.6 Å². The van der Waals surface area contributed by atoms with Crippen molar-refractivity contribution >= 4 is 5.91 Å². The van der Waals surface area contributed by atoms with Gasteiger partial charge in [0.05, 0.1) is 13.7 Å². The van der Waals surface area contributed by atoms with Crippen LogP contribution in [0.2, 0.25) is 0 Å². The Morgan fingerprint density at radius 1 is 1.30 bits per heavy atom. The summed E-state index contributed by atoms with van der Waals surface area (Å²) in [5.41, 5.74) is 1.17. The van der Waals surface area contributed by atoms with Gasteiger partial charge in [-0.15, -0.1) is 0 Å². The van der Waals surface area contributed by atoms with Crippen molar-refractivity contribution in [2.24, 2.45) is 0 Å². The van der Waals surface area contributed by atoms with Crippen LogP contribution in [0, 0.1) is 0 Å². The van der Waals surface area contributed by atoms with E-state index in [0.29, 0.717) is 12.6 Å². The first kappa shape index (κ1) is 14.9. The Bertz CT molecular complexity index is 428. The molecular formula is C16H24N2O2. The van der Waals surface area contributed by atoms with Gasteiger partial charge in [-0.25, -0.2) is 0 Å². The first-order chi connectivity index (χ1) is 9.79. The minimum Gasteiger partial charge on any atom is -0.496 e. The number of para-hydroxylation sites is 1. The van der Waals surface area contributed by atoms with Gasteiger partial charge in [-0.05, 0) is 37.4 Å². The fourth-order valence-electron chi connectivity index (χ4n) is 2.68. The maximum atomic E-state index is 11.7. The van der Waals surface area contributed by atoms with Crippen LogP contribution in [0.25, 0.3) is 0 Å². The summed E-state index contributed by atoms with van der Waals surface area (Å²) in [6.07, 6.45) is 5.61. The molecule has 4 nitrogen and oxygen atoms in total. The highest BCUT2D eigenvalue weighted by Gasteiger charge is 2.16. The monoisotopic (exact) mass is 276 g/mol. The van der Waals surface area contributed by atoms with Crippen molar-refractivity contribution in [3.63, 3.8) is 0 Å². The number of ether oxygens (including phenoxy) is 1. The van der Waals surface area contributed by atoms with Gasteiger partial charge in [-0.2, -0.15) is 0 Å². The number of hydrogen-bond acceptors (Lipinski definition) is 3. The van der Waals surface area contributed by atoms with Crippen LogP contribution >= 0.6 is 0 Å². The predicted octanol–water partition coefficient (Wildman–Crippen LogP) is 1.89. The Labute approximate surface area is 120 Å². The average molecular weight is 276 g/mol. The van der Waals surface area contributed by atoms with E-state index >= 15 is 0 Å². The zero-order valence-corrected chi connectivity index (χ0v) is 12.2. The summed E-state index contributed by atoms with van der Waals surface area (Å²) in [5, 5.41) is 6.27. The fraction of sp³-hybridized carbons (Fsp3) is 0.562. The van der Waals surface area contributed by atoms with E-state index in [0.717, 1.165) is 31.6 Å². The zero-order chi connectivity index (χ0) is 14.2. The van der Waals surface area contributed by atoms with E-state index in [1.165, 1.54) is 18.4 Å². The molecule has 20 heavy (non-hydrogen) atoms. The molecule has 0 unspecified atom stereocenters. The fourth-order valence-corrected chi connectivity index (χ4v) is 2.68. The largest absolute Gasteiger partial charge is 0.496 e. The van der Waals surface area contributed by atoms with Crippen molar-refractivity contribution in [3.8, 4) is 5.75 Å². The Hall–Kier alpha value is -1.55. The van der Waals surface area contributed by atoms with Crippen LogP contribution < -0.4 is 15.4 Å². The van der Waals surface area contributed by atoms with Crippen LogP contribution in [0.3, 0.4) is 0 Å². The third kappa shape index (κ3) is 4.53. The second-order valence-corrected chi connectivity index (χ2v) is 5.29. The van der Waals surface area contributed by atoms with Crippen molar-refractivity contribution in [2.45, 2.75) is 38.1 Å². The number of carbonyl (C=O) groups excluding carboxylic acids is 1. The molecule has 0 bridgehead atoms. The molecule has 1 saturated carbocycles. The van der Waals surface area contributed by atoms with Crippen LogP contribution in [-0.4, -0.2) is 32.1 Å². The topological polar surface area (TPSA) is 50.4 Å². The molecule has 0 aromatic heterocycles. The molecule has 110 valence electrons. The van der Waals surface area contributed by atoms with Crippen LogP contribution in [0.15, 0.2) is 24.3 Å². The highest BCUT2D eigenvalue weighted by atomic mass is 16.5. The summed E-state index contributed by atoms with van der Waals surface area (Å²) >= 11 is 0. The first-order valence-electron chi connectivity index (χ1n) is 7.41. The summed E-state index contributed by atoms with van der Waals surface area (Å²) in [5.74, 6) is 1.02. The van der Waals surface area contributed by atoms with Gasteiger partial charge in [0.2, 0.25) is 5.91 Å². The van der Waals surface area contributed by atoms with Crippen molar-refractivity contribution in [1.29, 1.82) is 0 Å². The quantitative estimate of drug-likeness (QED) is 0.748. The van der Waals surface area contributed by atoms with Gasteiger partial charge in [0.15, 0.2) is 0 Å². The second-order valence-electron chi connectivity index (χ2n) is 5.29. The molecule has 0 atom stereocenters. The van der Waals surface area contributed by atoms with Crippen LogP contribution in [0.5, 0.6) is 5.75 Å². The van der Waals surface area contributed by atoms with Gasteiger partial charge >= 0.3 is 0 Å². The molecule has 0 saturated heterocycles. The maximum absolute atomic E-state index is 11.7. The number of benzene rings is 1. The van der Waals surface area contributed by atoms with E-state index in [1.54, 1.807) is 7.11 Å². The summed E-state index contributed by atoms with van der Waals surface area (Å²) in [7, 11) is 1.68. The van der Waals surface area contributed by atoms with Gasteiger partial charge in [-0.3, -0.25) is 4.79 Å². The first-order valence-corrected chi connectivity index (χ1v) is 7.41. The molecule has 1 fully saturated rings. The zero-order valence-electron chi connectivity index (χ0n) is 12.2. The standard InChI is InChI=1S/C16H24N2O2/c1-20-15-9-5-2-6-13(15)10-11-17-12-16(19)18-14-7-3-4-8-14/h2,5-6,9,14,17H,3-4,7-8,10-12H2,1H3,(H,18,19). The number of hydrogen-bond donors (Lipinski definition) is 2. The van der Waals surface area contributed by atoms with Crippen molar-refractivity contribution in [2.75, 3.05) is 20.2 Å². The molecule has 1 aliphatic carbocycles. The van der Waals surface area contributed by atoms with E-state index in [9.17, 15) is 4.79 Å². The Balaban J connectivity index is 1.64. The van der Waals surface area contributed by atoms with Gasteiger partial charge < -0.3 is 15.4 Å². The lowest BCUT2D eigenvalue weighted by Gasteiger charge is -2.12. The Kier molecular flexibility index (Phi) is 5.87. The van der Waals surface area contributed by atoms with Crippen LogP contribution in [0.1, 0.15) is 31.2 Å². The lowest BCUT2D eigenvalue weighted by Crippen LogP contribution is -2.39. The maximum Gasteiger partial charge on any atom is 0.234 e. The molecule has 1 aromatic rings. The third-order valence-electron chi connectivity index (χ3n) is 3.77. The van der Waals surface area contributed by atoms with Gasteiger partial charge in [0.25, 0.3) is 0 Å². The second kappa shape index (κ2) is 7.90. The number of carbonyl (C=O) groups is 1. The lowest BCUT2D eigenvalue weighted by molar-refractivity contribution is -0.120. The molecule has 1 amide bonds. The summed E-state index contributed by atoms with van der Waals surface area (Å²) < 4.78 is 5.31. The SMILES string of the molecule is COc1ccccc1CCNCC(=O)NC1CCCC1. The van der Waals surface area contributed by atoms with Gasteiger partial charge in [0.1, 0.15) is 5.75 Å². The average Bonchev–Trinajstić information content (AvgIpc) is 2.97. The van der Waals surface area contributed by atoms with Gasteiger partial charge in [-0.1, -0.05) is 31.0 Å². The highest BCUT2D eigenvalue weighted by molar-refractivity contribution is 5.78. The molecular weight excluding hydrogens is 252 g/mol. The molecule has 4 heteroatoms. The number of rotatable bonds is 7. The molecule has 0 spiro atoms. The molecule has 2 N–H and O–H groups in total. The van der Waals surface area contributed by atoms with E-state index < -0.39 is 0 Å². The predicted molar refractivity (Wildman–Crippen MR) is 80.0 cm³/mol. The molecule has 1 aliphatic rings. The van der Waals surface area contributed by atoms with Crippen molar-refractivity contribution in [3.05, 3.63) is 29.8 Å². The molecule has 0 radical (unpaired) electrons. The summed E-state index contributed by atoms with van der Waals surface area (Å²) in [4.78, 5) is 11.7. The lowest BCUT2D eigenvalue weighted by atomic mass is 10.1. The van der Waals surface area contributed by atoms with Gasteiger partial charge in [0, 0.05) is 6.04 Å². The normalized spacial score (nSPS) is 15.2. The number of nitrogens with one attached hydrogen (secondary N) is 2. The van der Waals surface area contributed by atoms with E-state index in [1.807, 2.05) is 18.2 Å².